The fraction of sp³-hybridized carbons (Fsp3) is 0.441. The van der Waals surface area contributed by atoms with Crippen molar-refractivity contribution in [3.8, 4) is 0 Å². The standard InChI is InChI=1S/C59H80N6O7S2Si2/c1-58(2,3)75(7,8)71-53(51(33-45-27-19-13-20-28-45)64-56(67)69-39-49-37-60-41-73-49)35-47(31-43-23-15-11-16-24-43)62-55(66)63-48(32-44-25-17-12-18-26-44)36-54(72-76(9,10)59(4,5)6)52(34-46-29-21-14-22-30-46)65-57(68)70-40-50-38-61-42-74-50/h11-30,37-38,41-42,47-48,51-54H,31-36,39-40H2,1-10H3,(H,64,67)(H,65,68)(H2,62,63,66)/t47-,48-,51-,52-,53-,54-/m0/s1. The number of alkyl carbamates (subject to hydrolysis) is 2. The molecule has 17 heteroatoms. The second kappa shape index (κ2) is 28.1. The van der Waals surface area contributed by atoms with E-state index in [0.29, 0.717) is 38.5 Å². The molecular formula is C59H80N6O7S2Si2. The van der Waals surface area contributed by atoms with Crippen LogP contribution < -0.4 is 21.3 Å². The summed E-state index contributed by atoms with van der Waals surface area (Å²) in [4.78, 5) is 52.7. The van der Waals surface area contributed by atoms with Gasteiger partial charge in [0.2, 0.25) is 0 Å². The maximum atomic E-state index is 15.1. The van der Waals surface area contributed by atoms with Gasteiger partial charge in [-0.3, -0.25) is 9.97 Å². The summed E-state index contributed by atoms with van der Waals surface area (Å²) in [5, 5.41) is 13.0. The van der Waals surface area contributed by atoms with Crippen molar-refractivity contribution in [3.05, 3.63) is 177 Å². The molecule has 6 rings (SSSR count). The Morgan fingerprint density at radius 1 is 0.487 bits per heavy atom. The summed E-state index contributed by atoms with van der Waals surface area (Å²) in [5.74, 6) is 0. The minimum Gasteiger partial charge on any atom is -0.444 e. The molecule has 0 saturated heterocycles. The molecule has 0 radical (unpaired) electrons. The molecule has 6 aromatic rings. The maximum absolute atomic E-state index is 15.1. The van der Waals surface area contributed by atoms with Crippen molar-refractivity contribution in [2.75, 3.05) is 0 Å². The predicted octanol–water partition coefficient (Wildman–Crippen LogP) is 13.1. The van der Waals surface area contributed by atoms with Gasteiger partial charge in [0.05, 0.1) is 45.1 Å². The minimum atomic E-state index is -2.53. The zero-order valence-corrected chi connectivity index (χ0v) is 49.7. The van der Waals surface area contributed by atoms with Crippen molar-refractivity contribution in [3.63, 3.8) is 0 Å². The highest BCUT2D eigenvalue weighted by Crippen LogP contribution is 2.40. The number of ether oxygens (including phenoxy) is 2. The molecule has 0 aliphatic heterocycles. The van der Waals surface area contributed by atoms with E-state index >= 15 is 4.79 Å². The number of hydrogen-bond donors (Lipinski definition) is 4. The van der Waals surface area contributed by atoms with Crippen LogP contribution in [0.3, 0.4) is 0 Å². The summed E-state index contributed by atoms with van der Waals surface area (Å²) >= 11 is 2.85. The topological polar surface area (TPSA) is 162 Å². The molecule has 76 heavy (non-hydrogen) atoms. The van der Waals surface area contributed by atoms with Crippen LogP contribution in [-0.4, -0.2) is 81.2 Å². The molecule has 0 aliphatic rings. The quantitative estimate of drug-likeness (QED) is 0.0387. The van der Waals surface area contributed by atoms with Gasteiger partial charge in [-0.1, -0.05) is 163 Å². The molecule has 0 unspecified atom stereocenters. The molecule has 408 valence electrons. The van der Waals surface area contributed by atoms with Crippen molar-refractivity contribution < 1.29 is 32.7 Å². The second-order valence-electron chi connectivity index (χ2n) is 22.7. The third-order valence-electron chi connectivity index (χ3n) is 14.6. The largest absolute Gasteiger partial charge is 0.444 e. The van der Waals surface area contributed by atoms with Crippen LogP contribution >= 0.6 is 22.7 Å². The van der Waals surface area contributed by atoms with E-state index in [9.17, 15) is 9.59 Å². The zero-order valence-electron chi connectivity index (χ0n) is 46.0. The Labute approximate surface area is 461 Å². The maximum Gasteiger partial charge on any atom is 0.407 e. The first-order valence-corrected chi connectivity index (χ1v) is 33.9. The third-order valence-corrected chi connectivity index (χ3v) is 25.1. The number of carbonyl (C=O) groups excluding carboxylic acids is 3. The fourth-order valence-electron chi connectivity index (χ4n) is 8.43. The molecule has 2 aromatic heterocycles. The Morgan fingerprint density at radius 3 is 1.09 bits per heavy atom. The Kier molecular flexibility index (Phi) is 22.0. The number of urea groups is 1. The summed E-state index contributed by atoms with van der Waals surface area (Å²) in [7, 11) is -5.06. The molecule has 0 saturated carbocycles. The lowest BCUT2D eigenvalue weighted by atomic mass is 9.93. The minimum absolute atomic E-state index is 0.0905. The molecule has 0 fully saturated rings. The van der Waals surface area contributed by atoms with Crippen molar-refractivity contribution in [1.82, 2.24) is 31.2 Å². The lowest BCUT2D eigenvalue weighted by molar-refractivity contribution is 0.0939. The van der Waals surface area contributed by atoms with Crippen molar-refractivity contribution in [2.45, 2.75) is 166 Å². The number of rotatable bonds is 26. The Morgan fingerprint density at radius 2 is 0.803 bits per heavy atom. The summed E-state index contributed by atoms with van der Waals surface area (Å²) in [6, 6.07) is 38.0. The van der Waals surface area contributed by atoms with Gasteiger partial charge in [-0.25, -0.2) is 14.4 Å². The van der Waals surface area contributed by atoms with Crippen LogP contribution in [0.25, 0.3) is 0 Å². The van der Waals surface area contributed by atoms with Crippen LogP contribution in [0.4, 0.5) is 14.4 Å². The van der Waals surface area contributed by atoms with Gasteiger partial charge in [-0.05, 0) is 97.0 Å². The van der Waals surface area contributed by atoms with Gasteiger partial charge in [0, 0.05) is 24.5 Å². The highest BCUT2D eigenvalue weighted by Gasteiger charge is 2.44. The average molecular weight is 1110 g/mol. The molecule has 4 aromatic carbocycles. The monoisotopic (exact) mass is 1100 g/mol. The first kappa shape index (κ1) is 59.5. The van der Waals surface area contributed by atoms with E-state index in [1.54, 1.807) is 23.4 Å². The van der Waals surface area contributed by atoms with Gasteiger partial charge in [0.1, 0.15) is 13.2 Å². The molecule has 6 atom stereocenters. The van der Waals surface area contributed by atoms with E-state index in [4.69, 9.17) is 18.3 Å². The molecule has 13 nitrogen and oxygen atoms in total. The molecule has 0 spiro atoms. The van der Waals surface area contributed by atoms with Crippen molar-refractivity contribution in [2.24, 2.45) is 0 Å². The lowest BCUT2D eigenvalue weighted by Crippen LogP contribution is -2.57. The van der Waals surface area contributed by atoms with E-state index in [1.807, 2.05) is 72.8 Å². The first-order valence-electron chi connectivity index (χ1n) is 26.3. The Balaban J connectivity index is 1.35. The van der Waals surface area contributed by atoms with Gasteiger partial charge in [0.25, 0.3) is 0 Å². The van der Waals surface area contributed by atoms with Crippen LogP contribution in [0.2, 0.25) is 36.3 Å². The summed E-state index contributed by atoms with van der Waals surface area (Å²) < 4.78 is 26.4. The smallest absolute Gasteiger partial charge is 0.407 e. The second-order valence-corrected chi connectivity index (χ2v) is 34.1. The van der Waals surface area contributed by atoms with Crippen LogP contribution in [0, 0.1) is 0 Å². The Bertz CT molecular complexity index is 2460. The van der Waals surface area contributed by atoms with Crippen molar-refractivity contribution >= 4 is 57.5 Å². The van der Waals surface area contributed by atoms with Crippen LogP contribution in [0.15, 0.2) is 145 Å². The third kappa shape index (κ3) is 19.4. The van der Waals surface area contributed by atoms with Gasteiger partial charge in [0.15, 0.2) is 16.6 Å². The van der Waals surface area contributed by atoms with E-state index in [0.717, 1.165) is 32.0 Å². The number of aromatic nitrogens is 2. The van der Waals surface area contributed by atoms with Gasteiger partial charge in [-0.15, -0.1) is 22.7 Å². The molecule has 0 aliphatic carbocycles. The number of amides is 4. The highest BCUT2D eigenvalue weighted by molar-refractivity contribution is 7.09. The lowest BCUT2D eigenvalue weighted by Gasteiger charge is -2.43. The highest BCUT2D eigenvalue weighted by atomic mass is 32.1. The zero-order chi connectivity index (χ0) is 54.8. The van der Waals surface area contributed by atoms with Crippen LogP contribution in [0.5, 0.6) is 0 Å². The number of benzene rings is 4. The van der Waals surface area contributed by atoms with Crippen LogP contribution in [0.1, 0.15) is 86.4 Å². The normalized spacial score (nSPS) is 14.6. The molecule has 4 amide bonds. The number of nitrogens with one attached hydrogen (secondary N) is 4. The van der Waals surface area contributed by atoms with Gasteiger partial charge in [-0.2, -0.15) is 0 Å². The molecular weight excluding hydrogens is 1020 g/mol. The average Bonchev–Trinajstić information content (AvgIpc) is 4.10. The SMILES string of the molecule is CC(C)(C)[Si](C)(C)O[C@@H](C[C@H](Cc1ccccc1)NC(=O)N[C@@H](Cc1ccccc1)C[C@H](O[Si](C)(C)C(C)(C)C)[C@H](Cc1ccccc1)NC(=O)OCc1cncs1)[C@H](Cc1ccccc1)NC(=O)OCc1cncs1. The van der Waals surface area contributed by atoms with E-state index in [1.165, 1.54) is 22.7 Å². The van der Waals surface area contributed by atoms with Crippen LogP contribution in [-0.2, 0) is 57.2 Å². The fourth-order valence-corrected chi connectivity index (χ4v) is 12.2. The van der Waals surface area contributed by atoms with Crippen molar-refractivity contribution in [1.29, 1.82) is 0 Å². The first-order chi connectivity index (χ1) is 36.1. The summed E-state index contributed by atoms with van der Waals surface area (Å²) in [5.41, 5.74) is 7.55. The predicted molar refractivity (Wildman–Crippen MR) is 312 cm³/mol. The molecule has 0 bridgehead atoms. The van der Waals surface area contributed by atoms with E-state index in [2.05, 4.69) is 147 Å². The van der Waals surface area contributed by atoms with Gasteiger partial charge >= 0.3 is 18.2 Å². The summed E-state index contributed by atoms with van der Waals surface area (Å²) in [6.07, 6.45) is 3.83. The van der Waals surface area contributed by atoms with E-state index < -0.39 is 65.2 Å². The number of carbonyl (C=O) groups is 3. The van der Waals surface area contributed by atoms with Gasteiger partial charge < -0.3 is 39.6 Å². The number of nitrogens with zero attached hydrogens (tertiary/aromatic N) is 2. The summed E-state index contributed by atoms with van der Waals surface area (Å²) in [6.45, 7) is 22.2. The molecule has 4 N–H and O–H groups in total. The molecule has 2 heterocycles. The van der Waals surface area contributed by atoms with E-state index in [-0.39, 0.29) is 29.3 Å². The Hall–Kier alpha value is -5.70. The number of thiazole rings is 2. The number of hydrogen-bond acceptors (Lipinski definition) is 11.